The molecule has 74 valence electrons. The van der Waals surface area contributed by atoms with Gasteiger partial charge in [-0.1, -0.05) is 37.3 Å². The van der Waals surface area contributed by atoms with Crippen LogP contribution in [-0.2, 0) is 11.2 Å². The minimum Gasteiger partial charge on any atom is -0.273 e. The van der Waals surface area contributed by atoms with E-state index in [0.717, 1.165) is 6.42 Å². The summed E-state index contributed by atoms with van der Waals surface area (Å²) in [6.07, 6.45) is 2.90. The van der Waals surface area contributed by atoms with Crippen LogP contribution in [0.3, 0.4) is 0 Å². The fraction of sp³-hybridized carbons (Fsp3) is 0.273. The Balaban J connectivity index is 2.31. The lowest BCUT2D eigenvalue weighted by Crippen LogP contribution is -2.15. The fourth-order valence-corrected chi connectivity index (χ4v) is 0.962. The summed E-state index contributed by atoms with van der Waals surface area (Å²) in [5, 5.41) is 3.81. The molecule has 0 heterocycles. The molecular weight excluding hydrogens is 176 g/mol. The molecule has 0 spiro atoms. The molecule has 0 aliphatic heterocycles. The number of carbonyl (C=O) groups is 1. The van der Waals surface area contributed by atoms with Crippen LogP contribution < -0.4 is 5.43 Å². The zero-order valence-corrected chi connectivity index (χ0v) is 8.23. The highest BCUT2D eigenvalue weighted by Crippen LogP contribution is 1.96. The quantitative estimate of drug-likeness (QED) is 0.570. The van der Waals surface area contributed by atoms with E-state index >= 15 is 0 Å². The first-order chi connectivity index (χ1) is 6.83. The Labute approximate surface area is 83.8 Å². The molecule has 1 rings (SSSR count). The third-order valence-corrected chi connectivity index (χ3v) is 1.77. The fourth-order valence-electron chi connectivity index (χ4n) is 0.962. The van der Waals surface area contributed by atoms with Gasteiger partial charge < -0.3 is 0 Å². The first kappa shape index (κ1) is 10.4. The van der Waals surface area contributed by atoms with Crippen LogP contribution >= 0.6 is 0 Å². The van der Waals surface area contributed by atoms with Crippen molar-refractivity contribution in [3.8, 4) is 0 Å². The van der Waals surface area contributed by atoms with Gasteiger partial charge in [-0.25, -0.2) is 5.43 Å². The van der Waals surface area contributed by atoms with Gasteiger partial charge in [0.05, 0.1) is 0 Å². The molecule has 1 aromatic rings. The van der Waals surface area contributed by atoms with E-state index in [0.29, 0.717) is 6.42 Å². The van der Waals surface area contributed by atoms with Crippen molar-refractivity contribution in [2.24, 2.45) is 5.10 Å². The Morgan fingerprint density at radius 1 is 1.43 bits per heavy atom. The van der Waals surface area contributed by atoms with Crippen LogP contribution in [0.25, 0.3) is 0 Å². The van der Waals surface area contributed by atoms with Crippen molar-refractivity contribution in [3.63, 3.8) is 0 Å². The number of hydrogen-bond donors (Lipinski definition) is 1. The van der Waals surface area contributed by atoms with Crippen LogP contribution in [-0.4, -0.2) is 12.1 Å². The van der Waals surface area contributed by atoms with Crippen LogP contribution in [0.15, 0.2) is 35.4 Å². The second kappa shape index (κ2) is 5.91. The lowest BCUT2D eigenvalue weighted by atomic mass is 10.2. The number of hydrazone groups is 1. The smallest absolute Gasteiger partial charge is 0.239 e. The van der Waals surface area contributed by atoms with E-state index < -0.39 is 0 Å². The zero-order valence-electron chi connectivity index (χ0n) is 8.23. The summed E-state index contributed by atoms with van der Waals surface area (Å²) in [5.41, 5.74) is 3.62. The predicted octanol–water partition coefficient (Wildman–Crippen LogP) is 1.74. The average molecular weight is 190 g/mol. The van der Waals surface area contributed by atoms with Gasteiger partial charge >= 0.3 is 0 Å². The molecule has 0 atom stereocenters. The highest BCUT2D eigenvalue weighted by molar-refractivity contribution is 5.76. The largest absolute Gasteiger partial charge is 0.273 e. The van der Waals surface area contributed by atoms with Crippen LogP contribution in [0.1, 0.15) is 18.9 Å². The van der Waals surface area contributed by atoms with E-state index in [1.165, 1.54) is 5.56 Å². The van der Waals surface area contributed by atoms with Crippen molar-refractivity contribution in [2.75, 3.05) is 0 Å². The van der Waals surface area contributed by atoms with E-state index in [1.54, 1.807) is 13.1 Å². The Morgan fingerprint density at radius 3 is 2.79 bits per heavy atom. The predicted molar refractivity (Wildman–Crippen MR) is 57.1 cm³/mol. The maximum Gasteiger partial charge on any atom is 0.239 e. The van der Waals surface area contributed by atoms with Crippen molar-refractivity contribution in [2.45, 2.75) is 19.8 Å². The molecule has 3 nitrogen and oxygen atoms in total. The molecule has 14 heavy (non-hydrogen) atoms. The number of amides is 1. The normalized spacial score (nSPS) is 10.4. The monoisotopic (exact) mass is 190 g/mol. The molecule has 0 unspecified atom stereocenters. The highest BCUT2D eigenvalue weighted by atomic mass is 16.2. The van der Waals surface area contributed by atoms with E-state index in [1.807, 2.05) is 30.3 Å². The van der Waals surface area contributed by atoms with Gasteiger partial charge in [0.1, 0.15) is 0 Å². The van der Waals surface area contributed by atoms with Gasteiger partial charge in [-0.2, -0.15) is 5.10 Å². The van der Waals surface area contributed by atoms with E-state index in [-0.39, 0.29) is 5.91 Å². The van der Waals surface area contributed by atoms with Gasteiger partial charge in [-0.15, -0.1) is 0 Å². The number of rotatable bonds is 4. The second-order valence-corrected chi connectivity index (χ2v) is 2.89. The standard InChI is InChI=1S/C11H14N2O/c1-2-11(14)13-12-9-8-10-6-4-3-5-7-10/h3-7,9H,2,8H2,1H3,(H,13,14). The van der Waals surface area contributed by atoms with Gasteiger partial charge in [0.15, 0.2) is 0 Å². The average Bonchev–Trinajstić information content (AvgIpc) is 2.25. The molecule has 0 saturated heterocycles. The Kier molecular flexibility index (Phi) is 4.41. The van der Waals surface area contributed by atoms with Gasteiger partial charge in [0, 0.05) is 19.1 Å². The minimum atomic E-state index is -0.0608. The Morgan fingerprint density at radius 2 is 2.14 bits per heavy atom. The van der Waals surface area contributed by atoms with Crippen molar-refractivity contribution < 1.29 is 4.79 Å². The molecule has 1 N–H and O–H groups in total. The topological polar surface area (TPSA) is 41.5 Å². The van der Waals surface area contributed by atoms with Crippen molar-refractivity contribution >= 4 is 12.1 Å². The summed E-state index contributed by atoms with van der Waals surface area (Å²) >= 11 is 0. The summed E-state index contributed by atoms with van der Waals surface area (Å²) in [6.45, 7) is 1.79. The third-order valence-electron chi connectivity index (χ3n) is 1.77. The van der Waals surface area contributed by atoms with Gasteiger partial charge in [0.25, 0.3) is 0 Å². The van der Waals surface area contributed by atoms with Gasteiger partial charge in [-0.05, 0) is 5.56 Å². The Hall–Kier alpha value is -1.64. The van der Waals surface area contributed by atoms with Crippen LogP contribution in [0.5, 0.6) is 0 Å². The molecular formula is C11H14N2O. The van der Waals surface area contributed by atoms with Crippen molar-refractivity contribution in [1.82, 2.24) is 5.43 Å². The van der Waals surface area contributed by atoms with E-state index in [9.17, 15) is 4.79 Å². The molecule has 1 aromatic carbocycles. The lowest BCUT2D eigenvalue weighted by molar-refractivity contribution is -0.120. The number of benzene rings is 1. The number of nitrogens with one attached hydrogen (secondary N) is 1. The van der Waals surface area contributed by atoms with Gasteiger partial charge in [-0.3, -0.25) is 4.79 Å². The molecule has 0 radical (unpaired) electrons. The lowest BCUT2D eigenvalue weighted by Gasteiger charge is -1.95. The molecule has 0 saturated carbocycles. The summed E-state index contributed by atoms with van der Waals surface area (Å²) in [7, 11) is 0. The van der Waals surface area contributed by atoms with Crippen LogP contribution in [0.2, 0.25) is 0 Å². The molecule has 3 heteroatoms. The molecule has 1 amide bonds. The molecule has 0 aromatic heterocycles. The number of carbonyl (C=O) groups excluding carboxylic acids is 1. The number of nitrogens with zero attached hydrogens (tertiary/aromatic N) is 1. The summed E-state index contributed by atoms with van der Waals surface area (Å²) in [4.78, 5) is 10.8. The van der Waals surface area contributed by atoms with Crippen molar-refractivity contribution in [3.05, 3.63) is 35.9 Å². The highest BCUT2D eigenvalue weighted by Gasteiger charge is 1.91. The summed E-state index contributed by atoms with van der Waals surface area (Å²) in [6, 6.07) is 9.97. The molecule has 0 fully saturated rings. The maximum atomic E-state index is 10.8. The maximum absolute atomic E-state index is 10.8. The first-order valence-electron chi connectivity index (χ1n) is 4.67. The van der Waals surface area contributed by atoms with E-state index in [4.69, 9.17) is 0 Å². The third kappa shape index (κ3) is 3.85. The minimum absolute atomic E-state index is 0.0608. The molecule has 0 aliphatic carbocycles. The van der Waals surface area contributed by atoms with Crippen LogP contribution in [0, 0.1) is 0 Å². The zero-order chi connectivity index (χ0) is 10.2. The van der Waals surface area contributed by atoms with Crippen molar-refractivity contribution in [1.29, 1.82) is 0 Å². The summed E-state index contributed by atoms with van der Waals surface area (Å²) in [5.74, 6) is -0.0608. The van der Waals surface area contributed by atoms with Gasteiger partial charge in [0.2, 0.25) is 5.91 Å². The summed E-state index contributed by atoms with van der Waals surface area (Å²) < 4.78 is 0. The molecule has 0 aliphatic rings. The SMILES string of the molecule is CCC(=O)NN=CCc1ccccc1. The number of hydrogen-bond acceptors (Lipinski definition) is 2. The Bertz CT molecular complexity index is 306. The van der Waals surface area contributed by atoms with Crippen LogP contribution in [0.4, 0.5) is 0 Å². The molecule has 0 bridgehead atoms. The second-order valence-electron chi connectivity index (χ2n) is 2.89. The first-order valence-corrected chi connectivity index (χ1v) is 4.67. The van der Waals surface area contributed by atoms with E-state index in [2.05, 4.69) is 10.5 Å².